The van der Waals surface area contributed by atoms with Gasteiger partial charge in [0, 0.05) is 19.5 Å². The summed E-state index contributed by atoms with van der Waals surface area (Å²) in [6.45, 7) is 11.2. The number of nitrogens with zero attached hydrogens (tertiary/aromatic N) is 1. The Morgan fingerprint density at radius 2 is 1.63 bits per heavy atom. The van der Waals surface area contributed by atoms with Crippen molar-refractivity contribution in [1.82, 2.24) is 10.2 Å². The summed E-state index contributed by atoms with van der Waals surface area (Å²) in [6.07, 6.45) is -8.66. The number of carbonyl (C=O) groups excluding carboxylic acids is 1. The number of ether oxygens (including phenoxy) is 4. The zero-order valence-corrected chi connectivity index (χ0v) is 26.5. The first-order valence-corrected chi connectivity index (χ1v) is 15.6. The number of nitrogens with one attached hydrogen (secondary N) is 1. The van der Waals surface area contributed by atoms with E-state index in [1.807, 2.05) is 13.8 Å². The highest BCUT2D eigenvalue weighted by molar-refractivity contribution is 5.68. The SMILES string of the molecule is CC1CC(C)C(C2OC(CNCC3CC3)C(O)C(O)C2O)C(O)C1OC1OCC(C)(O)C(N(C)C(=O)OC(C)(C)C)C1O. The predicted molar refractivity (Wildman–Crippen MR) is 154 cm³/mol. The third-order valence-electron chi connectivity index (χ3n) is 9.47. The predicted octanol–water partition coefficient (Wildman–Crippen LogP) is -0.422. The topological polar surface area (TPSA) is 191 Å². The van der Waals surface area contributed by atoms with Gasteiger partial charge in [-0.2, -0.15) is 0 Å². The number of aliphatic hydroxyl groups excluding tert-OH is 5. The maximum absolute atomic E-state index is 12.8. The molecule has 7 N–H and O–H groups in total. The minimum absolute atomic E-state index is 0.143. The number of amides is 1. The standard InChI is InChI=1S/C30H54N2O11/c1-14-10-15(2)24(42-27-23(37)26(30(6,39)13-40-27)32(7)28(38)43-29(3,4)5)20(34)18(14)25-22(36)21(35)19(33)17(41-25)12-31-11-16-8-9-16/h14-27,31,33-37,39H,8-13H2,1-7H3. The lowest BCUT2D eigenvalue weighted by atomic mass is 9.67. The van der Waals surface area contributed by atoms with Crippen LogP contribution in [-0.2, 0) is 18.9 Å². The van der Waals surface area contributed by atoms with Crippen LogP contribution in [0.4, 0.5) is 4.79 Å². The summed E-state index contributed by atoms with van der Waals surface area (Å²) in [4.78, 5) is 14.0. The molecule has 0 aromatic rings. The molecule has 14 unspecified atom stereocenters. The Morgan fingerprint density at radius 1 is 0.977 bits per heavy atom. The summed E-state index contributed by atoms with van der Waals surface area (Å²) in [5.74, 6) is -0.408. The highest BCUT2D eigenvalue weighted by Gasteiger charge is 2.56. The molecule has 2 heterocycles. The molecule has 4 rings (SSSR count). The third-order valence-corrected chi connectivity index (χ3v) is 9.47. The molecule has 0 aromatic carbocycles. The fourth-order valence-corrected chi connectivity index (χ4v) is 7.04. The lowest BCUT2D eigenvalue weighted by molar-refractivity contribution is -0.315. The van der Waals surface area contributed by atoms with E-state index in [-0.39, 0.29) is 18.4 Å². The first-order valence-electron chi connectivity index (χ1n) is 15.6. The minimum atomic E-state index is -1.63. The van der Waals surface area contributed by atoms with Crippen LogP contribution >= 0.6 is 0 Å². The zero-order chi connectivity index (χ0) is 32.0. The van der Waals surface area contributed by atoms with Gasteiger partial charge in [-0.3, -0.25) is 0 Å². The fraction of sp³-hybridized carbons (Fsp3) is 0.967. The van der Waals surface area contributed by atoms with Crippen LogP contribution in [0.15, 0.2) is 0 Å². The molecule has 0 spiro atoms. The van der Waals surface area contributed by atoms with Crippen molar-refractivity contribution in [3.63, 3.8) is 0 Å². The van der Waals surface area contributed by atoms with Crippen LogP contribution in [0.2, 0.25) is 0 Å². The van der Waals surface area contributed by atoms with Gasteiger partial charge in [0.25, 0.3) is 0 Å². The highest BCUT2D eigenvalue weighted by Crippen LogP contribution is 2.43. The number of carbonyl (C=O) groups is 1. The van der Waals surface area contributed by atoms with Gasteiger partial charge in [-0.25, -0.2) is 4.79 Å². The van der Waals surface area contributed by atoms with Crippen molar-refractivity contribution in [2.45, 2.75) is 133 Å². The number of aliphatic hydroxyl groups is 6. The van der Waals surface area contributed by atoms with E-state index < -0.39 is 84.4 Å². The van der Waals surface area contributed by atoms with Crippen molar-refractivity contribution in [3.8, 4) is 0 Å². The average Bonchev–Trinajstić information content (AvgIpc) is 3.71. The number of likely N-dealkylation sites (N-methyl/N-ethyl adjacent to an activating group) is 1. The van der Waals surface area contributed by atoms with Gasteiger partial charge in [-0.1, -0.05) is 13.8 Å². The monoisotopic (exact) mass is 618 g/mol. The van der Waals surface area contributed by atoms with E-state index in [0.29, 0.717) is 18.9 Å². The highest BCUT2D eigenvalue weighted by atomic mass is 16.7. The van der Waals surface area contributed by atoms with Crippen LogP contribution in [0.5, 0.6) is 0 Å². The summed E-state index contributed by atoms with van der Waals surface area (Å²) < 4.78 is 23.6. The summed E-state index contributed by atoms with van der Waals surface area (Å²) in [5.41, 5.74) is -2.42. The van der Waals surface area contributed by atoms with Crippen LogP contribution in [0.3, 0.4) is 0 Å². The van der Waals surface area contributed by atoms with Gasteiger partial charge < -0.3 is 59.8 Å². The number of hydrogen-bond donors (Lipinski definition) is 7. The lowest BCUT2D eigenvalue weighted by Gasteiger charge is -2.52. The smallest absolute Gasteiger partial charge is 0.410 e. The average molecular weight is 619 g/mol. The lowest BCUT2D eigenvalue weighted by Crippen LogP contribution is -2.68. The molecular weight excluding hydrogens is 564 g/mol. The van der Waals surface area contributed by atoms with Gasteiger partial charge in [-0.05, 0) is 71.3 Å². The molecule has 2 saturated carbocycles. The maximum atomic E-state index is 12.8. The van der Waals surface area contributed by atoms with E-state index >= 15 is 0 Å². The molecule has 250 valence electrons. The summed E-state index contributed by atoms with van der Waals surface area (Å²) in [5, 5.41) is 69.7. The molecule has 13 heteroatoms. The van der Waals surface area contributed by atoms with Crippen molar-refractivity contribution in [1.29, 1.82) is 0 Å². The van der Waals surface area contributed by atoms with Crippen LogP contribution in [-0.4, -0.2) is 141 Å². The van der Waals surface area contributed by atoms with E-state index in [1.54, 1.807) is 20.8 Å². The molecule has 2 saturated heterocycles. The molecule has 43 heavy (non-hydrogen) atoms. The normalized spacial score (nSPS) is 45.9. The Balaban J connectivity index is 1.49. The fourth-order valence-electron chi connectivity index (χ4n) is 7.04. The van der Waals surface area contributed by atoms with Crippen LogP contribution in [0.25, 0.3) is 0 Å². The van der Waals surface area contributed by atoms with Gasteiger partial charge >= 0.3 is 6.09 Å². The van der Waals surface area contributed by atoms with Crippen LogP contribution in [0.1, 0.15) is 60.8 Å². The largest absolute Gasteiger partial charge is 0.444 e. The second-order valence-corrected chi connectivity index (χ2v) is 14.6. The third kappa shape index (κ3) is 7.82. The van der Waals surface area contributed by atoms with Gasteiger partial charge in [0.1, 0.15) is 35.6 Å². The van der Waals surface area contributed by atoms with E-state index in [1.165, 1.54) is 14.0 Å². The molecule has 0 aromatic heterocycles. The molecule has 4 fully saturated rings. The molecule has 2 aliphatic carbocycles. The first kappa shape index (κ1) is 34.7. The molecule has 1 amide bonds. The molecule has 4 aliphatic rings. The minimum Gasteiger partial charge on any atom is -0.444 e. The second-order valence-electron chi connectivity index (χ2n) is 14.6. The molecule has 0 bridgehead atoms. The van der Waals surface area contributed by atoms with Crippen molar-refractivity contribution < 1.29 is 54.4 Å². The van der Waals surface area contributed by atoms with Crippen molar-refractivity contribution in [3.05, 3.63) is 0 Å². The van der Waals surface area contributed by atoms with Crippen molar-refractivity contribution in [2.75, 3.05) is 26.7 Å². The molecule has 13 nitrogen and oxygen atoms in total. The van der Waals surface area contributed by atoms with Crippen molar-refractivity contribution >= 4 is 6.09 Å². The van der Waals surface area contributed by atoms with Gasteiger partial charge in [0.2, 0.25) is 0 Å². The van der Waals surface area contributed by atoms with E-state index in [4.69, 9.17) is 18.9 Å². The molecule has 2 aliphatic heterocycles. The Hall–Kier alpha value is -1.13. The molecular formula is C30H54N2O11. The maximum Gasteiger partial charge on any atom is 0.410 e. The Kier molecular flexibility index (Phi) is 10.8. The Bertz CT molecular complexity index is 944. The quantitative estimate of drug-likeness (QED) is 0.186. The van der Waals surface area contributed by atoms with Crippen LogP contribution in [0, 0.1) is 23.7 Å². The Labute approximate surface area is 254 Å². The van der Waals surface area contributed by atoms with E-state index in [9.17, 15) is 35.4 Å². The van der Waals surface area contributed by atoms with Gasteiger partial charge in [0.15, 0.2) is 6.29 Å². The summed E-state index contributed by atoms with van der Waals surface area (Å²) >= 11 is 0. The number of rotatable bonds is 8. The van der Waals surface area contributed by atoms with E-state index in [2.05, 4.69) is 5.32 Å². The van der Waals surface area contributed by atoms with E-state index in [0.717, 1.165) is 24.3 Å². The van der Waals surface area contributed by atoms with Gasteiger partial charge in [0.05, 0.1) is 37.1 Å². The summed E-state index contributed by atoms with van der Waals surface area (Å²) in [6, 6.07) is -1.14. The number of hydrogen-bond acceptors (Lipinski definition) is 12. The Morgan fingerprint density at radius 3 is 2.23 bits per heavy atom. The molecule has 0 radical (unpaired) electrons. The van der Waals surface area contributed by atoms with Gasteiger partial charge in [-0.15, -0.1) is 0 Å². The second kappa shape index (κ2) is 13.3. The molecule has 14 atom stereocenters. The first-order chi connectivity index (χ1) is 19.9. The van der Waals surface area contributed by atoms with Crippen molar-refractivity contribution in [2.24, 2.45) is 23.7 Å². The van der Waals surface area contributed by atoms with Crippen LogP contribution < -0.4 is 5.32 Å². The summed E-state index contributed by atoms with van der Waals surface area (Å²) in [7, 11) is 1.42. The zero-order valence-electron chi connectivity index (χ0n) is 26.5.